The summed E-state index contributed by atoms with van der Waals surface area (Å²) in [5, 5.41) is 9.59. The lowest BCUT2D eigenvalue weighted by Crippen LogP contribution is -2.59. The van der Waals surface area contributed by atoms with Crippen LogP contribution in [0.5, 0.6) is 0 Å². The van der Waals surface area contributed by atoms with E-state index in [1.54, 1.807) is 4.90 Å². The topological polar surface area (TPSA) is 57.6 Å². The Labute approximate surface area is 103 Å². The van der Waals surface area contributed by atoms with Gasteiger partial charge in [0, 0.05) is 13.0 Å². The second kappa shape index (κ2) is 5.52. The molecule has 0 atom stereocenters. The van der Waals surface area contributed by atoms with Crippen LogP contribution in [0.25, 0.3) is 0 Å². The van der Waals surface area contributed by atoms with Gasteiger partial charge >= 0.3 is 5.97 Å². The minimum absolute atomic E-state index is 0.0679. The minimum Gasteiger partial charge on any atom is -0.479 e. The fourth-order valence-electron chi connectivity index (χ4n) is 3.03. The van der Waals surface area contributed by atoms with E-state index in [2.05, 4.69) is 0 Å². The minimum atomic E-state index is -0.976. The number of aliphatic carboxylic acids is 1. The van der Waals surface area contributed by atoms with Crippen LogP contribution < -0.4 is 0 Å². The average Bonchev–Trinajstić information content (AvgIpc) is 2.43. The van der Waals surface area contributed by atoms with Gasteiger partial charge in [-0.05, 0) is 26.7 Å². The summed E-state index contributed by atoms with van der Waals surface area (Å²) in [6.45, 7) is 5.24. The van der Waals surface area contributed by atoms with E-state index in [1.165, 1.54) is 6.92 Å². The summed E-state index contributed by atoms with van der Waals surface area (Å²) in [7, 11) is 0. The molecular weight excluding hydrogens is 218 g/mol. The number of amides is 1. The molecular formula is C13H23NO3. The van der Waals surface area contributed by atoms with Crippen LogP contribution in [0.3, 0.4) is 0 Å². The molecule has 1 rings (SSSR count). The summed E-state index contributed by atoms with van der Waals surface area (Å²) in [6.07, 6.45) is 5.09. The summed E-state index contributed by atoms with van der Waals surface area (Å²) in [5.41, 5.74) is -0.976. The van der Waals surface area contributed by atoms with Crippen molar-refractivity contribution < 1.29 is 14.7 Å². The second-order valence-electron chi connectivity index (χ2n) is 5.23. The number of carbonyl (C=O) groups is 2. The fraction of sp³-hybridized carbons (Fsp3) is 0.846. The summed E-state index contributed by atoms with van der Waals surface area (Å²) < 4.78 is 0. The van der Waals surface area contributed by atoms with E-state index in [9.17, 15) is 14.7 Å². The number of nitrogens with zero attached hydrogens (tertiary/aromatic N) is 1. The van der Waals surface area contributed by atoms with Crippen molar-refractivity contribution in [3.8, 4) is 0 Å². The number of hydrogen-bond donors (Lipinski definition) is 1. The Morgan fingerprint density at radius 2 is 1.59 bits per heavy atom. The first-order valence-electron chi connectivity index (χ1n) is 6.45. The van der Waals surface area contributed by atoms with Gasteiger partial charge in [-0.25, -0.2) is 4.79 Å². The van der Waals surface area contributed by atoms with Crippen LogP contribution in [0, 0.1) is 0 Å². The quantitative estimate of drug-likeness (QED) is 0.772. The maximum Gasteiger partial charge on any atom is 0.329 e. The number of rotatable bonds is 3. The Kier molecular flexibility index (Phi) is 4.54. The van der Waals surface area contributed by atoms with Gasteiger partial charge in [-0.1, -0.05) is 25.7 Å². The molecule has 0 aliphatic heterocycles. The van der Waals surface area contributed by atoms with Crippen LogP contribution >= 0.6 is 0 Å². The number of hydrogen-bond acceptors (Lipinski definition) is 2. The van der Waals surface area contributed by atoms with E-state index in [1.807, 2.05) is 13.8 Å². The van der Waals surface area contributed by atoms with Gasteiger partial charge in [-0.3, -0.25) is 4.79 Å². The third-order valence-corrected chi connectivity index (χ3v) is 3.65. The Bertz CT molecular complexity index is 291. The third-order valence-electron chi connectivity index (χ3n) is 3.65. The summed E-state index contributed by atoms with van der Waals surface area (Å²) >= 11 is 0. The SMILES string of the molecule is CC(=O)N(C(C)C)C1(C(=O)O)CCCCCC1. The third kappa shape index (κ3) is 2.79. The van der Waals surface area contributed by atoms with Crippen molar-refractivity contribution in [1.82, 2.24) is 4.90 Å². The van der Waals surface area contributed by atoms with Crippen LogP contribution in [0.15, 0.2) is 0 Å². The number of carbonyl (C=O) groups excluding carboxylic acids is 1. The summed E-state index contributed by atoms with van der Waals surface area (Å²) in [4.78, 5) is 25.0. The first-order valence-corrected chi connectivity index (χ1v) is 6.45. The van der Waals surface area contributed by atoms with E-state index in [4.69, 9.17) is 0 Å². The second-order valence-corrected chi connectivity index (χ2v) is 5.23. The lowest BCUT2D eigenvalue weighted by molar-refractivity contribution is -0.162. The van der Waals surface area contributed by atoms with Crippen LogP contribution in [0.1, 0.15) is 59.3 Å². The van der Waals surface area contributed by atoms with Crippen LogP contribution in [-0.4, -0.2) is 33.5 Å². The lowest BCUT2D eigenvalue weighted by Gasteiger charge is -2.42. The molecule has 0 unspecified atom stereocenters. The Hall–Kier alpha value is -1.06. The molecule has 1 amide bonds. The van der Waals surface area contributed by atoms with Crippen molar-refractivity contribution in [2.24, 2.45) is 0 Å². The molecule has 1 N–H and O–H groups in total. The van der Waals surface area contributed by atoms with E-state index in [0.29, 0.717) is 12.8 Å². The zero-order valence-corrected chi connectivity index (χ0v) is 11.0. The van der Waals surface area contributed by atoms with Gasteiger partial charge in [-0.15, -0.1) is 0 Å². The molecule has 1 aliphatic carbocycles. The highest BCUT2D eigenvalue weighted by Gasteiger charge is 2.46. The predicted molar refractivity (Wildman–Crippen MR) is 65.7 cm³/mol. The molecule has 0 aromatic heterocycles. The highest BCUT2D eigenvalue weighted by atomic mass is 16.4. The van der Waals surface area contributed by atoms with Crippen molar-refractivity contribution in [2.45, 2.75) is 70.9 Å². The van der Waals surface area contributed by atoms with E-state index >= 15 is 0 Å². The molecule has 0 aromatic carbocycles. The van der Waals surface area contributed by atoms with Crippen LogP contribution in [0.2, 0.25) is 0 Å². The lowest BCUT2D eigenvalue weighted by atomic mass is 9.87. The molecule has 0 spiro atoms. The molecule has 0 aromatic rings. The molecule has 0 heterocycles. The Morgan fingerprint density at radius 1 is 1.12 bits per heavy atom. The molecule has 0 bridgehead atoms. The van der Waals surface area contributed by atoms with Gasteiger partial charge in [0.2, 0.25) is 5.91 Å². The first-order chi connectivity index (χ1) is 7.92. The van der Waals surface area contributed by atoms with Gasteiger partial charge < -0.3 is 10.0 Å². The standard InChI is InChI=1S/C13H23NO3/c1-10(2)14(11(3)15)13(12(16)17)8-6-4-5-7-9-13/h10H,4-9H2,1-3H3,(H,16,17). The molecule has 98 valence electrons. The molecule has 1 aliphatic rings. The smallest absolute Gasteiger partial charge is 0.329 e. The van der Waals surface area contributed by atoms with Crippen LogP contribution in [-0.2, 0) is 9.59 Å². The molecule has 0 radical (unpaired) electrons. The molecule has 4 heteroatoms. The van der Waals surface area contributed by atoms with Crippen molar-refractivity contribution in [3.63, 3.8) is 0 Å². The number of carboxylic acids is 1. The molecule has 0 saturated heterocycles. The van der Waals surface area contributed by atoms with Crippen LogP contribution in [0.4, 0.5) is 0 Å². The Balaban J connectivity index is 3.11. The Morgan fingerprint density at radius 3 is 1.88 bits per heavy atom. The fourth-order valence-corrected chi connectivity index (χ4v) is 3.03. The van der Waals surface area contributed by atoms with Gasteiger partial charge in [0.1, 0.15) is 5.54 Å². The zero-order chi connectivity index (χ0) is 13.1. The largest absolute Gasteiger partial charge is 0.479 e. The van der Waals surface area contributed by atoms with Gasteiger partial charge in [0.15, 0.2) is 0 Å². The van der Waals surface area contributed by atoms with Crippen molar-refractivity contribution in [3.05, 3.63) is 0 Å². The predicted octanol–water partition coefficient (Wildman–Crippen LogP) is 2.42. The van der Waals surface area contributed by atoms with Gasteiger partial charge in [0.05, 0.1) is 0 Å². The van der Waals surface area contributed by atoms with Gasteiger partial charge in [0.25, 0.3) is 0 Å². The molecule has 1 saturated carbocycles. The van der Waals surface area contributed by atoms with E-state index < -0.39 is 11.5 Å². The summed E-state index contributed by atoms with van der Waals surface area (Å²) in [5.74, 6) is -0.979. The average molecular weight is 241 g/mol. The zero-order valence-electron chi connectivity index (χ0n) is 11.0. The molecule has 17 heavy (non-hydrogen) atoms. The first kappa shape index (κ1) is 14.0. The van der Waals surface area contributed by atoms with E-state index in [0.717, 1.165) is 25.7 Å². The maximum atomic E-state index is 11.8. The molecule has 1 fully saturated rings. The maximum absolute atomic E-state index is 11.8. The highest BCUT2D eigenvalue weighted by Crippen LogP contribution is 2.34. The van der Waals surface area contributed by atoms with Crippen molar-refractivity contribution in [1.29, 1.82) is 0 Å². The van der Waals surface area contributed by atoms with Crippen molar-refractivity contribution >= 4 is 11.9 Å². The van der Waals surface area contributed by atoms with Crippen molar-refractivity contribution in [2.75, 3.05) is 0 Å². The summed E-state index contributed by atoms with van der Waals surface area (Å²) in [6, 6.07) is -0.0679. The van der Waals surface area contributed by atoms with E-state index in [-0.39, 0.29) is 11.9 Å². The number of carboxylic acid groups (broad SMARTS) is 1. The normalized spacial score (nSPS) is 19.8. The van der Waals surface area contributed by atoms with Gasteiger partial charge in [-0.2, -0.15) is 0 Å². The molecule has 4 nitrogen and oxygen atoms in total. The monoisotopic (exact) mass is 241 g/mol. The highest BCUT2D eigenvalue weighted by molar-refractivity contribution is 5.86.